The SMILES string of the molecule is O=C(CN1CCCCCC1)N(c1ccccc1)C1CCS(=O)(=O)C1. The molecule has 24 heavy (non-hydrogen) atoms. The zero-order valence-electron chi connectivity index (χ0n) is 14.1. The average Bonchev–Trinajstić information content (AvgIpc) is 2.75. The Bertz CT molecular complexity index is 652. The van der Waals surface area contributed by atoms with Crippen molar-refractivity contribution >= 4 is 21.4 Å². The highest BCUT2D eigenvalue weighted by molar-refractivity contribution is 7.91. The molecule has 2 aliphatic heterocycles. The lowest BCUT2D eigenvalue weighted by Gasteiger charge is -2.31. The molecule has 1 unspecified atom stereocenters. The van der Waals surface area contributed by atoms with Gasteiger partial charge in [0.15, 0.2) is 9.84 Å². The van der Waals surface area contributed by atoms with Crippen LogP contribution in [0.15, 0.2) is 30.3 Å². The highest BCUT2D eigenvalue weighted by atomic mass is 32.2. The van der Waals surface area contributed by atoms with Gasteiger partial charge in [0.1, 0.15) is 0 Å². The van der Waals surface area contributed by atoms with Crippen LogP contribution in [0.5, 0.6) is 0 Å². The van der Waals surface area contributed by atoms with Gasteiger partial charge >= 0.3 is 0 Å². The normalized spacial score (nSPS) is 24.4. The van der Waals surface area contributed by atoms with E-state index in [9.17, 15) is 13.2 Å². The summed E-state index contributed by atoms with van der Waals surface area (Å²) in [6, 6.07) is 9.25. The number of sulfone groups is 1. The highest BCUT2D eigenvalue weighted by Gasteiger charge is 2.35. The zero-order chi connectivity index (χ0) is 17.0. The van der Waals surface area contributed by atoms with E-state index in [0.717, 1.165) is 31.6 Å². The molecule has 1 aromatic carbocycles. The van der Waals surface area contributed by atoms with Crippen molar-refractivity contribution in [1.82, 2.24) is 4.90 Å². The molecule has 2 saturated heterocycles. The summed E-state index contributed by atoms with van der Waals surface area (Å²) < 4.78 is 23.8. The molecule has 1 atom stereocenters. The van der Waals surface area contributed by atoms with Crippen LogP contribution in [0.1, 0.15) is 32.1 Å². The molecule has 132 valence electrons. The molecule has 3 rings (SSSR count). The Morgan fingerprint density at radius 1 is 1.08 bits per heavy atom. The molecular formula is C18H26N2O3S. The number of nitrogens with zero attached hydrogens (tertiary/aromatic N) is 2. The molecule has 2 aliphatic rings. The summed E-state index contributed by atoms with van der Waals surface area (Å²) in [5, 5.41) is 0. The quantitative estimate of drug-likeness (QED) is 0.834. The van der Waals surface area contributed by atoms with E-state index in [-0.39, 0.29) is 23.5 Å². The predicted octanol–water partition coefficient (Wildman–Crippen LogP) is 2.08. The number of carbonyl (C=O) groups excluding carboxylic acids is 1. The van der Waals surface area contributed by atoms with Crippen LogP contribution in [-0.2, 0) is 14.6 Å². The second kappa shape index (κ2) is 7.66. The molecule has 5 nitrogen and oxygen atoms in total. The Balaban J connectivity index is 1.77. The molecule has 2 heterocycles. The third-order valence-electron chi connectivity index (χ3n) is 4.93. The van der Waals surface area contributed by atoms with Crippen molar-refractivity contribution in [1.29, 1.82) is 0 Å². The Labute approximate surface area is 144 Å². The maximum absolute atomic E-state index is 13.0. The average molecular weight is 350 g/mol. The summed E-state index contributed by atoms with van der Waals surface area (Å²) >= 11 is 0. The van der Waals surface area contributed by atoms with E-state index in [0.29, 0.717) is 13.0 Å². The molecule has 0 aromatic heterocycles. The van der Waals surface area contributed by atoms with Gasteiger partial charge in [-0.2, -0.15) is 0 Å². The van der Waals surface area contributed by atoms with E-state index >= 15 is 0 Å². The van der Waals surface area contributed by atoms with Crippen LogP contribution < -0.4 is 4.90 Å². The molecule has 0 spiro atoms. The Kier molecular flexibility index (Phi) is 5.56. The predicted molar refractivity (Wildman–Crippen MR) is 95.9 cm³/mol. The first-order valence-corrected chi connectivity index (χ1v) is 10.7. The van der Waals surface area contributed by atoms with Gasteiger partial charge in [0.05, 0.1) is 24.1 Å². The largest absolute Gasteiger partial charge is 0.307 e. The number of para-hydroxylation sites is 1. The van der Waals surface area contributed by atoms with Crippen molar-refractivity contribution in [2.45, 2.75) is 38.1 Å². The third-order valence-corrected chi connectivity index (χ3v) is 6.68. The fraction of sp³-hybridized carbons (Fsp3) is 0.611. The van der Waals surface area contributed by atoms with Crippen LogP contribution in [0.25, 0.3) is 0 Å². The monoisotopic (exact) mass is 350 g/mol. The number of hydrogen-bond donors (Lipinski definition) is 0. The van der Waals surface area contributed by atoms with Crippen LogP contribution in [0.2, 0.25) is 0 Å². The second-order valence-electron chi connectivity index (χ2n) is 6.85. The molecule has 0 aliphatic carbocycles. The summed E-state index contributed by atoms with van der Waals surface area (Å²) in [6.07, 6.45) is 5.26. The lowest BCUT2D eigenvalue weighted by Crippen LogP contribution is -2.46. The summed E-state index contributed by atoms with van der Waals surface area (Å²) in [7, 11) is -3.03. The first-order chi connectivity index (χ1) is 11.6. The van der Waals surface area contributed by atoms with Crippen molar-refractivity contribution in [2.24, 2.45) is 0 Å². The molecule has 1 aromatic rings. The topological polar surface area (TPSA) is 57.7 Å². The first-order valence-electron chi connectivity index (χ1n) is 8.85. The lowest BCUT2D eigenvalue weighted by molar-refractivity contribution is -0.120. The van der Waals surface area contributed by atoms with Crippen molar-refractivity contribution < 1.29 is 13.2 Å². The van der Waals surface area contributed by atoms with Gasteiger partial charge in [-0.05, 0) is 44.5 Å². The first kappa shape index (κ1) is 17.4. The number of carbonyl (C=O) groups is 1. The van der Waals surface area contributed by atoms with Gasteiger partial charge in [-0.3, -0.25) is 9.69 Å². The van der Waals surface area contributed by atoms with Crippen LogP contribution in [0.3, 0.4) is 0 Å². The number of hydrogen-bond acceptors (Lipinski definition) is 4. The minimum Gasteiger partial charge on any atom is -0.307 e. The molecular weight excluding hydrogens is 324 g/mol. The number of benzene rings is 1. The summed E-state index contributed by atoms with van der Waals surface area (Å²) in [6.45, 7) is 2.29. The molecule has 0 radical (unpaired) electrons. The van der Waals surface area contributed by atoms with Gasteiger partial charge in [-0.1, -0.05) is 31.0 Å². The standard InChI is InChI=1S/C18H26N2O3S/c21-18(14-19-11-6-1-2-7-12-19)20(16-8-4-3-5-9-16)17-10-13-24(22,23)15-17/h3-5,8-9,17H,1-2,6-7,10-15H2. The highest BCUT2D eigenvalue weighted by Crippen LogP contribution is 2.25. The summed E-state index contributed by atoms with van der Waals surface area (Å²) in [5.41, 5.74) is 0.805. The number of rotatable bonds is 4. The molecule has 6 heteroatoms. The number of anilines is 1. The summed E-state index contributed by atoms with van der Waals surface area (Å²) in [5.74, 6) is 0.274. The van der Waals surface area contributed by atoms with Crippen LogP contribution in [0, 0.1) is 0 Å². The Morgan fingerprint density at radius 2 is 1.75 bits per heavy atom. The van der Waals surface area contributed by atoms with Crippen molar-refractivity contribution in [2.75, 3.05) is 36.0 Å². The van der Waals surface area contributed by atoms with Crippen molar-refractivity contribution in [3.05, 3.63) is 30.3 Å². The van der Waals surface area contributed by atoms with Gasteiger partial charge in [0.2, 0.25) is 5.91 Å². The van der Waals surface area contributed by atoms with Gasteiger partial charge in [0.25, 0.3) is 0 Å². The summed E-state index contributed by atoms with van der Waals surface area (Å²) in [4.78, 5) is 17.0. The zero-order valence-corrected chi connectivity index (χ0v) is 14.9. The lowest BCUT2D eigenvalue weighted by atomic mass is 10.1. The molecule has 0 N–H and O–H groups in total. The third kappa shape index (κ3) is 4.36. The van der Waals surface area contributed by atoms with Gasteiger partial charge in [-0.25, -0.2) is 8.42 Å². The number of amides is 1. The molecule has 1 amide bonds. The van der Waals surface area contributed by atoms with E-state index < -0.39 is 9.84 Å². The van der Waals surface area contributed by atoms with Crippen LogP contribution in [0.4, 0.5) is 5.69 Å². The van der Waals surface area contributed by atoms with E-state index in [1.54, 1.807) is 4.90 Å². The van der Waals surface area contributed by atoms with E-state index in [2.05, 4.69) is 4.90 Å². The van der Waals surface area contributed by atoms with Gasteiger partial charge < -0.3 is 4.90 Å². The molecule has 0 bridgehead atoms. The van der Waals surface area contributed by atoms with E-state index in [1.165, 1.54) is 12.8 Å². The van der Waals surface area contributed by atoms with Crippen molar-refractivity contribution in [3.8, 4) is 0 Å². The Hall–Kier alpha value is -1.40. The van der Waals surface area contributed by atoms with Crippen LogP contribution >= 0.6 is 0 Å². The Morgan fingerprint density at radius 3 is 2.33 bits per heavy atom. The van der Waals surface area contributed by atoms with E-state index in [1.807, 2.05) is 30.3 Å². The van der Waals surface area contributed by atoms with E-state index in [4.69, 9.17) is 0 Å². The van der Waals surface area contributed by atoms with Crippen LogP contribution in [-0.4, -0.2) is 56.4 Å². The number of likely N-dealkylation sites (tertiary alicyclic amines) is 1. The smallest absolute Gasteiger partial charge is 0.241 e. The maximum Gasteiger partial charge on any atom is 0.241 e. The van der Waals surface area contributed by atoms with Gasteiger partial charge in [0, 0.05) is 5.69 Å². The fourth-order valence-corrected chi connectivity index (χ4v) is 5.39. The second-order valence-corrected chi connectivity index (χ2v) is 9.08. The minimum atomic E-state index is -3.03. The van der Waals surface area contributed by atoms with Gasteiger partial charge in [-0.15, -0.1) is 0 Å². The molecule has 2 fully saturated rings. The maximum atomic E-state index is 13.0. The molecule has 0 saturated carbocycles. The fourth-order valence-electron chi connectivity index (χ4n) is 3.69. The minimum absolute atomic E-state index is 0.0187. The van der Waals surface area contributed by atoms with Crippen molar-refractivity contribution in [3.63, 3.8) is 0 Å².